The van der Waals surface area contributed by atoms with E-state index in [1.54, 1.807) is 0 Å². The highest BCUT2D eigenvalue weighted by Gasteiger charge is 2.04. The molecule has 0 aliphatic heterocycles. The number of nitrogens with zero attached hydrogens (tertiary/aromatic N) is 5. The molecule has 3 rings (SSSR count). The molecule has 0 aromatic carbocycles. The van der Waals surface area contributed by atoms with Crippen molar-refractivity contribution in [3.8, 4) is 0 Å². The summed E-state index contributed by atoms with van der Waals surface area (Å²) in [4.78, 5) is 8.91. The number of aromatic nitrogens is 4. The van der Waals surface area contributed by atoms with E-state index in [1.807, 2.05) is 60.1 Å². The zero-order valence-corrected chi connectivity index (χ0v) is 16.4. The van der Waals surface area contributed by atoms with Crippen molar-refractivity contribution in [2.75, 3.05) is 13.1 Å². The fourth-order valence-corrected chi connectivity index (χ4v) is 2.35. The molecular weight excluding hydrogens is 429 g/mol. The molecule has 0 atom stereocenters. The maximum absolute atomic E-state index is 4.59. The van der Waals surface area contributed by atoms with Crippen LogP contribution in [0.5, 0.6) is 0 Å². The van der Waals surface area contributed by atoms with E-state index in [2.05, 4.69) is 30.8 Å². The second kappa shape index (κ2) is 9.92. The van der Waals surface area contributed by atoms with Gasteiger partial charge in [-0.2, -0.15) is 0 Å². The molecule has 7 nitrogen and oxygen atoms in total. The molecule has 0 bridgehead atoms. The van der Waals surface area contributed by atoms with E-state index in [0.29, 0.717) is 6.54 Å². The normalized spacial score (nSPS) is 11.2. The van der Waals surface area contributed by atoms with Gasteiger partial charge in [0.15, 0.2) is 17.4 Å². The highest BCUT2D eigenvalue weighted by Crippen LogP contribution is 2.03. The molecule has 0 saturated heterocycles. The third-order valence-electron chi connectivity index (χ3n) is 3.51. The summed E-state index contributed by atoms with van der Waals surface area (Å²) < 4.78 is 1.95. The maximum atomic E-state index is 4.59. The summed E-state index contributed by atoms with van der Waals surface area (Å²) in [5, 5.41) is 14.9. The Morgan fingerprint density at radius 1 is 1.12 bits per heavy atom. The van der Waals surface area contributed by atoms with Crippen molar-refractivity contribution in [1.29, 1.82) is 0 Å². The number of hydrogen-bond donors (Lipinski definition) is 2. The summed E-state index contributed by atoms with van der Waals surface area (Å²) in [6.45, 7) is 4.08. The molecular formula is C17H22IN7. The van der Waals surface area contributed by atoms with Gasteiger partial charge in [-0.25, -0.2) is 4.99 Å². The van der Waals surface area contributed by atoms with Gasteiger partial charge in [0.2, 0.25) is 0 Å². The highest BCUT2D eigenvalue weighted by atomic mass is 127. The molecule has 8 heteroatoms. The predicted octanol–water partition coefficient (Wildman–Crippen LogP) is 2.04. The summed E-state index contributed by atoms with van der Waals surface area (Å²) in [5.41, 5.74) is 1.89. The number of aliphatic imine (C=N–C) groups is 1. The molecule has 25 heavy (non-hydrogen) atoms. The van der Waals surface area contributed by atoms with Crippen LogP contribution in [0.4, 0.5) is 0 Å². The number of hydrogen-bond acceptors (Lipinski definition) is 4. The van der Waals surface area contributed by atoms with Crippen LogP contribution in [-0.4, -0.2) is 38.6 Å². The Bertz CT molecular complexity index is 801. The maximum Gasteiger partial charge on any atom is 0.191 e. The van der Waals surface area contributed by atoms with E-state index in [0.717, 1.165) is 42.6 Å². The van der Waals surface area contributed by atoms with Gasteiger partial charge >= 0.3 is 0 Å². The zero-order valence-electron chi connectivity index (χ0n) is 14.1. The van der Waals surface area contributed by atoms with Crippen LogP contribution in [0.2, 0.25) is 0 Å². The smallest absolute Gasteiger partial charge is 0.191 e. The minimum atomic E-state index is 0. The molecule has 0 aliphatic rings. The van der Waals surface area contributed by atoms with E-state index in [1.165, 1.54) is 0 Å². The van der Waals surface area contributed by atoms with Gasteiger partial charge in [-0.1, -0.05) is 12.1 Å². The van der Waals surface area contributed by atoms with Crippen LogP contribution < -0.4 is 10.6 Å². The number of pyridine rings is 2. The first-order chi connectivity index (χ1) is 11.9. The summed E-state index contributed by atoms with van der Waals surface area (Å²) in [5.74, 6) is 1.58. The van der Waals surface area contributed by atoms with Crippen LogP contribution in [-0.2, 0) is 13.0 Å². The van der Waals surface area contributed by atoms with E-state index in [9.17, 15) is 0 Å². The van der Waals surface area contributed by atoms with E-state index in [4.69, 9.17) is 0 Å². The number of rotatable bonds is 6. The summed E-state index contributed by atoms with van der Waals surface area (Å²) in [6.07, 6.45) is 4.60. The molecule has 0 fully saturated rings. The Kier molecular flexibility index (Phi) is 7.58. The standard InChI is InChI=1S/C17H21N7.HI/c1-2-18-17(20-11-9-14-7-3-5-10-19-14)21-13-16-23-22-15-8-4-6-12-24(15)16;/h3-8,10,12H,2,9,11,13H2,1H3,(H2,18,20,21);1H. The van der Waals surface area contributed by atoms with Crippen LogP contribution in [0.25, 0.3) is 5.65 Å². The third-order valence-corrected chi connectivity index (χ3v) is 3.51. The van der Waals surface area contributed by atoms with Crippen molar-refractivity contribution >= 4 is 35.6 Å². The van der Waals surface area contributed by atoms with Crippen LogP contribution in [0.3, 0.4) is 0 Å². The lowest BCUT2D eigenvalue weighted by atomic mass is 10.3. The lowest BCUT2D eigenvalue weighted by Gasteiger charge is -2.10. The van der Waals surface area contributed by atoms with Gasteiger partial charge < -0.3 is 10.6 Å². The highest BCUT2D eigenvalue weighted by molar-refractivity contribution is 14.0. The zero-order chi connectivity index (χ0) is 16.6. The van der Waals surface area contributed by atoms with Gasteiger partial charge in [-0.05, 0) is 31.2 Å². The molecule has 0 unspecified atom stereocenters. The summed E-state index contributed by atoms with van der Waals surface area (Å²) >= 11 is 0. The molecule has 0 radical (unpaired) electrons. The number of fused-ring (bicyclic) bond motifs is 1. The molecule has 0 aliphatic carbocycles. The van der Waals surface area contributed by atoms with Gasteiger partial charge in [0.1, 0.15) is 6.54 Å². The summed E-state index contributed by atoms with van der Waals surface area (Å²) in [7, 11) is 0. The lowest BCUT2D eigenvalue weighted by molar-refractivity contribution is 0.779. The molecule has 132 valence electrons. The minimum absolute atomic E-state index is 0. The Morgan fingerprint density at radius 3 is 2.80 bits per heavy atom. The predicted molar refractivity (Wildman–Crippen MR) is 109 cm³/mol. The van der Waals surface area contributed by atoms with Crippen LogP contribution in [0, 0.1) is 0 Å². The minimum Gasteiger partial charge on any atom is -0.357 e. The van der Waals surface area contributed by atoms with Gasteiger partial charge in [-0.3, -0.25) is 9.38 Å². The molecule has 0 spiro atoms. The van der Waals surface area contributed by atoms with Crippen molar-refractivity contribution < 1.29 is 0 Å². The van der Waals surface area contributed by atoms with Crippen molar-refractivity contribution in [1.82, 2.24) is 30.2 Å². The third kappa shape index (κ3) is 5.38. The molecule has 2 N–H and O–H groups in total. The van der Waals surface area contributed by atoms with Gasteiger partial charge in [0.25, 0.3) is 0 Å². The number of guanidine groups is 1. The topological polar surface area (TPSA) is 79.5 Å². The fourth-order valence-electron chi connectivity index (χ4n) is 2.35. The monoisotopic (exact) mass is 451 g/mol. The Hall–Kier alpha value is -2.23. The average molecular weight is 451 g/mol. The van der Waals surface area contributed by atoms with Crippen molar-refractivity contribution in [3.63, 3.8) is 0 Å². The van der Waals surface area contributed by atoms with Crippen LogP contribution in [0.1, 0.15) is 18.4 Å². The average Bonchev–Trinajstić information content (AvgIpc) is 3.04. The van der Waals surface area contributed by atoms with E-state index < -0.39 is 0 Å². The first-order valence-electron chi connectivity index (χ1n) is 8.07. The Morgan fingerprint density at radius 2 is 2.00 bits per heavy atom. The molecule has 3 aromatic rings. The largest absolute Gasteiger partial charge is 0.357 e. The van der Waals surface area contributed by atoms with Crippen molar-refractivity contribution in [3.05, 3.63) is 60.3 Å². The number of nitrogens with one attached hydrogen (secondary N) is 2. The lowest BCUT2D eigenvalue weighted by Crippen LogP contribution is -2.38. The summed E-state index contributed by atoms with van der Waals surface area (Å²) in [6, 6.07) is 11.8. The molecule has 3 aromatic heterocycles. The van der Waals surface area contributed by atoms with E-state index >= 15 is 0 Å². The second-order valence-electron chi connectivity index (χ2n) is 5.24. The second-order valence-corrected chi connectivity index (χ2v) is 5.24. The Balaban J connectivity index is 0.00000225. The van der Waals surface area contributed by atoms with E-state index in [-0.39, 0.29) is 24.0 Å². The Labute approximate surface area is 164 Å². The van der Waals surface area contributed by atoms with Crippen LogP contribution in [0.15, 0.2) is 53.8 Å². The van der Waals surface area contributed by atoms with Crippen LogP contribution >= 0.6 is 24.0 Å². The molecule has 0 saturated carbocycles. The fraction of sp³-hybridized carbons (Fsp3) is 0.294. The number of halogens is 1. The first-order valence-corrected chi connectivity index (χ1v) is 8.07. The molecule has 0 amide bonds. The van der Waals surface area contributed by atoms with Gasteiger partial charge in [0, 0.05) is 37.6 Å². The quantitative estimate of drug-likeness (QED) is 0.341. The van der Waals surface area contributed by atoms with Gasteiger partial charge in [-0.15, -0.1) is 34.2 Å². The van der Waals surface area contributed by atoms with Gasteiger partial charge in [0.05, 0.1) is 0 Å². The SMILES string of the molecule is CCNC(=NCc1nnc2ccccn12)NCCc1ccccn1.I. The molecule has 3 heterocycles. The first kappa shape index (κ1) is 19.1. The van der Waals surface area contributed by atoms with Crippen molar-refractivity contribution in [2.45, 2.75) is 19.9 Å². The van der Waals surface area contributed by atoms with Crippen molar-refractivity contribution in [2.24, 2.45) is 4.99 Å².